The molecule has 1 heterocycles. The fourth-order valence-corrected chi connectivity index (χ4v) is 2.50. The van der Waals surface area contributed by atoms with Crippen LogP contribution in [-0.4, -0.2) is 39.1 Å². The Morgan fingerprint density at radius 1 is 1.38 bits per heavy atom. The van der Waals surface area contributed by atoms with E-state index in [0.29, 0.717) is 0 Å². The van der Waals surface area contributed by atoms with Gasteiger partial charge in [0.25, 0.3) is 0 Å². The van der Waals surface area contributed by atoms with Crippen molar-refractivity contribution in [3.63, 3.8) is 0 Å². The Kier molecular flexibility index (Phi) is 6.49. The zero-order valence-corrected chi connectivity index (χ0v) is 13.3. The maximum atomic E-state index is 5.63. The average molecular weight is 307 g/mol. The van der Waals surface area contributed by atoms with Crippen molar-refractivity contribution < 1.29 is 4.74 Å². The van der Waals surface area contributed by atoms with Crippen LogP contribution in [0.3, 0.4) is 0 Å². The maximum absolute atomic E-state index is 5.63. The van der Waals surface area contributed by atoms with Crippen molar-refractivity contribution in [3.05, 3.63) is 29.8 Å². The summed E-state index contributed by atoms with van der Waals surface area (Å²) >= 11 is 1.64. The molecule has 0 aliphatic rings. The molecular weight excluding hydrogens is 286 g/mol. The van der Waals surface area contributed by atoms with Gasteiger partial charge in [-0.05, 0) is 34.5 Å². The highest BCUT2D eigenvalue weighted by Gasteiger charge is 2.02. The Morgan fingerprint density at radius 3 is 3.05 bits per heavy atom. The highest BCUT2D eigenvalue weighted by molar-refractivity contribution is 7.99. The van der Waals surface area contributed by atoms with Crippen molar-refractivity contribution >= 4 is 11.8 Å². The maximum Gasteiger partial charge on any atom is 0.209 e. The average Bonchev–Trinajstić information content (AvgIpc) is 2.91. The lowest BCUT2D eigenvalue weighted by Gasteiger charge is -2.08. The molecule has 1 aromatic carbocycles. The van der Waals surface area contributed by atoms with Gasteiger partial charge in [0.05, 0.1) is 6.61 Å². The van der Waals surface area contributed by atoms with Gasteiger partial charge in [0.2, 0.25) is 5.16 Å². The van der Waals surface area contributed by atoms with Gasteiger partial charge in [0, 0.05) is 25.9 Å². The molecule has 21 heavy (non-hydrogen) atoms. The van der Waals surface area contributed by atoms with E-state index in [9.17, 15) is 0 Å². The first-order valence-corrected chi connectivity index (χ1v) is 8.05. The molecular formula is C14H21N5OS. The van der Waals surface area contributed by atoms with Crippen LogP contribution in [-0.2, 0) is 13.6 Å². The molecule has 0 radical (unpaired) electrons. The number of nitrogens with one attached hydrogen (secondary N) is 1. The molecule has 114 valence electrons. The molecule has 0 saturated heterocycles. The summed E-state index contributed by atoms with van der Waals surface area (Å²) in [7, 11) is 1.84. The highest BCUT2D eigenvalue weighted by atomic mass is 32.2. The van der Waals surface area contributed by atoms with E-state index in [1.165, 1.54) is 5.56 Å². The van der Waals surface area contributed by atoms with Crippen molar-refractivity contribution in [3.8, 4) is 5.75 Å². The van der Waals surface area contributed by atoms with Crippen LogP contribution in [0.15, 0.2) is 29.4 Å². The molecule has 7 heteroatoms. The van der Waals surface area contributed by atoms with E-state index in [4.69, 9.17) is 4.74 Å². The predicted octanol–water partition coefficient (Wildman–Crippen LogP) is 1.88. The minimum atomic E-state index is 0.763. The second-order valence-electron chi connectivity index (χ2n) is 4.61. The number of hydrogen-bond donors (Lipinski definition) is 1. The van der Waals surface area contributed by atoms with Crippen LogP contribution in [0.5, 0.6) is 5.75 Å². The molecule has 0 atom stereocenters. The van der Waals surface area contributed by atoms with Gasteiger partial charge in [-0.3, -0.25) is 0 Å². The van der Waals surface area contributed by atoms with Crippen LogP contribution >= 0.6 is 11.8 Å². The summed E-state index contributed by atoms with van der Waals surface area (Å²) in [4.78, 5) is 0. The van der Waals surface area contributed by atoms with Crippen LogP contribution in [0.2, 0.25) is 0 Å². The van der Waals surface area contributed by atoms with Crippen molar-refractivity contribution in [2.45, 2.75) is 25.0 Å². The van der Waals surface area contributed by atoms with Gasteiger partial charge in [-0.2, -0.15) is 0 Å². The van der Waals surface area contributed by atoms with Gasteiger partial charge < -0.3 is 10.1 Å². The van der Waals surface area contributed by atoms with Gasteiger partial charge in [0.15, 0.2) is 0 Å². The van der Waals surface area contributed by atoms with Crippen LogP contribution in [0, 0.1) is 0 Å². The van der Waals surface area contributed by atoms with Crippen LogP contribution < -0.4 is 10.1 Å². The Labute approximate surface area is 129 Å². The normalized spacial score (nSPS) is 10.8. The van der Waals surface area contributed by atoms with Crippen LogP contribution in [0.25, 0.3) is 0 Å². The quantitative estimate of drug-likeness (QED) is 0.564. The summed E-state index contributed by atoms with van der Waals surface area (Å²) in [6, 6.07) is 8.21. The first-order chi connectivity index (χ1) is 10.3. The molecule has 0 fully saturated rings. The number of nitrogens with zero attached hydrogens (tertiary/aromatic N) is 4. The zero-order valence-electron chi connectivity index (χ0n) is 12.5. The third-order valence-electron chi connectivity index (χ3n) is 2.79. The number of aryl methyl sites for hydroxylation is 1. The number of tetrazole rings is 1. The second-order valence-corrected chi connectivity index (χ2v) is 5.67. The van der Waals surface area contributed by atoms with E-state index in [1.807, 2.05) is 19.2 Å². The van der Waals surface area contributed by atoms with Gasteiger partial charge in [-0.25, -0.2) is 4.68 Å². The molecule has 0 spiro atoms. The number of benzene rings is 1. The molecule has 0 aliphatic carbocycles. The third kappa shape index (κ3) is 5.35. The van der Waals surface area contributed by atoms with E-state index in [1.54, 1.807) is 16.4 Å². The van der Waals surface area contributed by atoms with E-state index >= 15 is 0 Å². The third-order valence-corrected chi connectivity index (χ3v) is 3.80. The van der Waals surface area contributed by atoms with Gasteiger partial charge in [-0.15, -0.1) is 5.10 Å². The first-order valence-electron chi connectivity index (χ1n) is 7.07. The van der Waals surface area contributed by atoms with E-state index < -0.39 is 0 Å². The van der Waals surface area contributed by atoms with Crippen molar-refractivity contribution in [1.29, 1.82) is 0 Å². The van der Waals surface area contributed by atoms with Crippen molar-refractivity contribution in [2.75, 3.05) is 18.9 Å². The lowest BCUT2D eigenvalue weighted by Crippen LogP contribution is -2.16. The van der Waals surface area contributed by atoms with Crippen LogP contribution in [0.4, 0.5) is 0 Å². The summed E-state index contributed by atoms with van der Waals surface area (Å²) in [5.41, 5.74) is 1.23. The van der Waals surface area contributed by atoms with Crippen LogP contribution in [0.1, 0.15) is 18.9 Å². The topological polar surface area (TPSA) is 64.9 Å². The van der Waals surface area contributed by atoms with E-state index in [-0.39, 0.29) is 0 Å². The Balaban J connectivity index is 1.67. The number of ether oxygens (including phenoxy) is 1. The Bertz CT molecular complexity index is 546. The number of hydrogen-bond acceptors (Lipinski definition) is 6. The summed E-state index contributed by atoms with van der Waals surface area (Å²) in [6.07, 6.45) is 1.02. The Morgan fingerprint density at radius 2 is 2.29 bits per heavy atom. The molecule has 0 unspecified atom stereocenters. The zero-order chi connectivity index (χ0) is 14.9. The molecule has 0 amide bonds. The fourth-order valence-electron chi connectivity index (χ4n) is 1.76. The molecule has 0 aliphatic heterocycles. The fraction of sp³-hybridized carbons (Fsp3) is 0.500. The molecule has 2 aromatic rings. The monoisotopic (exact) mass is 307 g/mol. The second kappa shape index (κ2) is 8.63. The lowest BCUT2D eigenvalue weighted by atomic mass is 10.2. The van der Waals surface area contributed by atoms with Gasteiger partial charge >= 0.3 is 0 Å². The summed E-state index contributed by atoms with van der Waals surface area (Å²) in [5, 5.41) is 15.6. The van der Waals surface area contributed by atoms with E-state index in [0.717, 1.165) is 42.8 Å². The molecule has 1 N–H and O–H groups in total. The lowest BCUT2D eigenvalue weighted by molar-refractivity contribution is 0.317. The van der Waals surface area contributed by atoms with Gasteiger partial charge in [-0.1, -0.05) is 30.8 Å². The standard InChI is InChI=1S/C14H21N5OS/c1-3-8-20-13-6-4-5-12(10-13)11-15-7-9-21-14-16-17-18-19(14)2/h4-6,10,15H,3,7-9,11H2,1-2H3. The highest BCUT2D eigenvalue weighted by Crippen LogP contribution is 2.14. The smallest absolute Gasteiger partial charge is 0.209 e. The number of rotatable bonds is 9. The summed E-state index contributed by atoms with van der Waals surface area (Å²) in [6.45, 7) is 4.60. The minimum Gasteiger partial charge on any atom is -0.494 e. The number of aromatic nitrogens is 4. The molecule has 0 bridgehead atoms. The molecule has 0 saturated carbocycles. The number of thioether (sulfide) groups is 1. The molecule has 2 rings (SSSR count). The Hall–Kier alpha value is -1.60. The summed E-state index contributed by atoms with van der Waals surface area (Å²) < 4.78 is 7.31. The van der Waals surface area contributed by atoms with Crippen molar-refractivity contribution in [2.24, 2.45) is 7.05 Å². The minimum absolute atomic E-state index is 0.763. The largest absolute Gasteiger partial charge is 0.494 e. The SMILES string of the molecule is CCCOc1cccc(CNCCSc2nnnn2C)c1. The molecule has 1 aromatic heterocycles. The van der Waals surface area contributed by atoms with Gasteiger partial charge in [0.1, 0.15) is 5.75 Å². The first kappa shape index (κ1) is 15.8. The van der Waals surface area contributed by atoms with E-state index in [2.05, 4.69) is 39.9 Å². The predicted molar refractivity (Wildman–Crippen MR) is 83.5 cm³/mol. The summed E-state index contributed by atoms with van der Waals surface area (Å²) in [5.74, 6) is 1.87. The van der Waals surface area contributed by atoms with Crippen molar-refractivity contribution in [1.82, 2.24) is 25.5 Å². The molecule has 6 nitrogen and oxygen atoms in total.